The van der Waals surface area contributed by atoms with Crippen LogP contribution in [0.2, 0.25) is 0 Å². The maximum atomic E-state index is 13.2. The van der Waals surface area contributed by atoms with E-state index in [0.29, 0.717) is 0 Å². The molecule has 0 atom stereocenters. The summed E-state index contributed by atoms with van der Waals surface area (Å²) in [5.74, 6) is -0.246. The van der Waals surface area contributed by atoms with Crippen molar-refractivity contribution in [3.8, 4) is 0 Å². The van der Waals surface area contributed by atoms with E-state index < -0.39 is 0 Å². The minimum Gasteiger partial charge on any atom is -0.253 e. The second-order valence-electron chi connectivity index (χ2n) is 6.14. The highest BCUT2D eigenvalue weighted by atomic mass is 19.1. The van der Waals surface area contributed by atoms with Gasteiger partial charge in [-0.1, -0.05) is 30.4 Å². The molecule has 0 saturated heterocycles. The van der Waals surface area contributed by atoms with Crippen LogP contribution in [0.25, 0.3) is 5.70 Å². The first-order chi connectivity index (χ1) is 10.7. The zero-order valence-electron chi connectivity index (χ0n) is 14.8. The molecule has 0 amide bonds. The standard InChI is InChI=1S/C21H26FN/c1-14(2)12-16(5)18(7)23-21(17(6)13-15(3)4)19-8-10-20(22)11-9-19/h8-12H,1,3,13H2,2,4-7H3/b16-12-,21-17+,23-18+. The van der Waals surface area contributed by atoms with Gasteiger partial charge >= 0.3 is 0 Å². The average molecular weight is 311 g/mol. The van der Waals surface area contributed by atoms with Crippen LogP contribution in [0.1, 0.15) is 46.6 Å². The van der Waals surface area contributed by atoms with Crippen LogP contribution in [-0.2, 0) is 0 Å². The summed E-state index contributed by atoms with van der Waals surface area (Å²) in [7, 11) is 0. The largest absolute Gasteiger partial charge is 0.253 e. The third-order valence-corrected chi connectivity index (χ3v) is 3.40. The van der Waals surface area contributed by atoms with Crippen LogP contribution in [0.5, 0.6) is 0 Å². The molecule has 0 radical (unpaired) electrons. The molecule has 0 aromatic heterocycles. The lowest BCUT2D eigenvalue weighted by Crippen LogP contribution is -1.97. The Labute approximate surface area is 139 Å². The van der Waals surface area contributed by atoms with Gasteiger partial charge in [-0.25, -0.2) is 4.39 Å². The molecule has 2 heteroatoms. The van der Waals surface area contributed by atoms with Crippen molar-refractivity contribution in [1.82, 2.24) is 0 Å². The summed E-state index contributed by atoms with van der Waals surface area (Å²) >= 11 is 0. The smallest absolute Gasteiger partial charge is 0.123 e. The molecule has 0 saturated carbocycles. The first-order valence-corrected chi connectivity index (χ1v) is 7.70. The number of nitrogens with zero attached hydrogens (tertiary/aromatic N) is 1. The van der Waals surface area contributed by atoms with Crippen molar-refractivity contribution in [3.63, 3.8) is 0 Å². The van der Waals surface area contributed by atoms with Gasteiger partial charge in [0.2, 0.25) is 0 Å². The lowest BCUT2D eigenvalue weighted by atomic mass is 10.0. The molecule has 0 bridgehead atoms. The lowest BCUT2D eigenvalue weighted by Gasteiger charge is -2.11. The molecule has 122 valence electrons. The molecule has 0 unspecified atom stereocenters. The van der Waals surface area contributed by atoms with E-state index in [2.05, 4.69) is 13.2 Å². The van der Waals surface area contributed by atoms with Crippen LogP contribution in [0.3, 0.4) is 0 Å². The molecule has 23 heavy (non-hydrogen) atoms. The molecule has 1 aromatic rings. The van der Waals surface area contributed by atoms with E-state index in [1.807, 2.05) is 40.7 Å². The van der Waals surface area contributed by atoms with Crippen molar-refractivity contribution in [2.45, 2.75) is 41.0 Å². The third-order valence-electron chi connectivity index (χ3n) is 3.40. The summed E-state index contributed by atoms with van der Waals surface area (Å²) in [6, 6.07) is 6.46. The Morgan fingerprint density at radius 3 is 2.09 bits per heavy atom. The van der Waals surface area contributed by atoms with Crippen LogP contribution in [0.15, 0.2) is 70.8 Å². The van der Waals surface area contributed by atoms with E-state index >= 15 is 0 Å². The summed E-state index contributed by atoms with van der Waals surface area (Å²) in [6.45, 7) is 17.9. The van der Waals surface area contributed by atoms with Gasteiger partial charge in [0.15, 0.2) is 0 Å². The van der Waals surface area contributed by atoms with Crippen LogP contribution < -0.4 is 0 Å². The first kappa shape index (κ1) is 18.8. The minimum absolute atomic E-state index is 0.246. The Morgan fingerprint density at radius 2 is 1.61 bits per heavy atom. The SMILES string of the molecule is C=C(C)\C=C(C)/C(C)=N/C(=C(\C)CC(=C)C)c1ccc(F)cc1. The normalized spacial score (nSPS) is 13.7. The highest BCUT2D eigenvalue weighted by Gasteiger charge is 2.08. The Morgan fingerprint density at radius 1 is 1.04 bits per heavy atom. The van der Waals surface area contributed by atoms with E-state index in [4.69, 9.17) is 4.99 Å². The molecule has 0 fully saturated rings. The number of hydrogen-bond acceptors (Lipinski definition) is 1. The van der Waals surface area contributed by atoms with E-state index in [1.165, 1.54) is 12.1 Å². The summed E-state index contributed by atoms with van der Waals surface area (Å²) in [5.41, 5.74) is 6.96. The number of rotatable bonds is 6. The van der Waals surface area contributed by atoms with Crippen molar-refractivity contribution in [2.75, 3.05) is 0 Å². The molecule has 0 aliphatic heterocycles. The second-order valence-corrected chi connectivity index (χ2v) is 6.14. The number of benzene rings is 1. The molecule has 0 aliphatic rings. The van der Waals surface area contributed by atoms with Gasteiger partial charge in [-0.3, -0.25) is 4.99 Å². The molecule has 0 N–H and O–H groups in total. The lowest BCUT2D eigenvalue weighted by molar-refractivity contribution is 0.627. The second kappa shape index (κ2) is 8.42. The monoisotopic (exact) mass is 311 g/mol. The zero-order chi connectivity index (χ0) is 17.6. The Balaban J connectivity index is 3.38. The van der Waals surface area contributed by atoms with Gasteiger partial charge in [-0.2, -0.15) is 0 Å². The van der Waals surface area contributed by atoms with E-state index in [0.717, 1.165) is 45.7 Å². The van der Waals surface area contributed by atoms with E-state index in [9.17, 15) is 4.39 Å². The van der Waals surface area contributed by atoms with Gasteiger partial charge in [-0.15, -0.1) is 0 Å². The average Bonchev–Trinajstić information content (AvgIpc) is 2.44. The predicted octanol–water partition coefficient (Wildman–Crippen LogP) is 6.51. The molecule has 1 nitrogen and oxygen atoms in total. The predicted molar refractivity (Wildman–Crippen MR) is 100 cm³/mol. The molecule has 1 aromatic carbocycles. The topological polar surface area (TPSA) is 12.4 Å². The Hall–Kier alpha value is -2.22. The highest BCUT2D eigenvalue weighted by Crippen LogP contribution is 2.25. The van der Waals surface area contributed by atoms with E-state index in [1.54, 1.807) is 12.1 Å². The molecular formula is C21H26FN. The van der Waals surface area contributed by atoms with Crippen molar-refractivity contribution in [3.05, 3.63) is 77.2 Å². The van der Waals surface area contributed by atoms with Crippen LogP contribution in [-0.4, -0.2) is 5.71 Å². The van der Waals surface area contributed by atoms with Crippen molar-refractivity contribution in [2.24, 2.45) is 4.99 Å². The van der Waals surface area contributed by atoms with Gasteiger partial charge in [0.05, 0.1) is 5.70 Å². The van der Waals surface area contributed by atoms with E-state index in [-0.39, 0.29) is 5.82 Å². The number of halogens is 1. The third kappa shape index (κ3) is 6.19. The Kier molecular flexibility index (Phi) is 6.89. The summed E-state index contributed by atoms with van der Waals surface area (Å²) in [4.78, 5) is 4.81. The molecule has 0 heterocycles. The van der Waals surface area contributed by atoms with Gasteiger partial charge in [0, 0.05) is 11.3 Å². The number of hydrogen-bond donors (Lipinski definition) is 0. The summed E-state index contributed by atoms with van der Waals surface area (Å²) < 4.78 is 13.2. The van der Waals surface area contributed by atoms with Crippen LogP contribution >= 0.6 is 0 Å². The van der Waals surface area contributed by atoms with Crippen molar-refractivity contribution >= 4 is 11.4 Å². The zero-order valence-corrected chi connectivity index (χ0v) is 14.8. The summed E-state index contributed by atoms with van der Waals surface area (Å²) in [5, 5.41) is 0. The maximum Gasteiger partial charge on any atom is 0.123 e. The highest BCUT2D eigenvalue weighted by molar-refractivity contribution is 6.01. The van der Waals surface area contributed by atoms with Crippen molar-refractivity contribution < 1.29 is 4.39 Å². The van der Waals surface area contributed by atoms with Gasteiger partial charge in [-0.05, 0) is 76.5 Å². The fourth-order valence-corrected chi connectivity index (χ4v) is 2.28. The molecule has 0 aliphatic carbocycles. The maximum absolute atomic E-state index is 13.2. The minimum atomic E-state index is -0.246. The first-order valence-electron chi connectivity index (χ1n) is 7.70. The fourth-order valence-electron chi connectivity index (χ4n) is 2.28. The quantitative estimate of drug-likeness (QED) is 0.323. The fraction of sp³-hybridized carbons (Fsp3) is 0.286. The van der Waals surface area contributed by atoms with Crippen LogP contribution in [0.4, 0.5) is 4.39 Å². The van der Waals surface area contributed by atoms with Crippen molar-refractivity contribution in [1.29, 1.82) is 0 Å². The number of allylic oxidation sites excluding steroid dienone is 5. The molecular weight excluding hydrogens is 285 g/mol. The molecule has 1 rings (SSSR count). The van der Waals surface area contributed by atoms with Crippen LogP contribution in [0, 0.1) is 5.82 Å². The van der Waals surface area contributed by atoms with Gasteiger partial charge in [0.1, 0.15) is 5.82 Å². The summed E-state index contributed by atoms with van der Waals surface area (Å²) in [6.07, 6.45) is 2.78. The Bertz CT molecular complexity index is 685. The molecule has 0 spiro atoms. The van der Waals surface area contributed by atoms with Gasteiger partial charge < -0.3 is 0 Å². The van der Waals surface area contributed by atoms with Gasteiger partial charge in [0.25, 0.3) is 0 Å². The number of aliphatic imine (C=N–C) groups is 1.